The highest BCUT2D eigenvalue weighted by Crippen LogP contribution is 2.33. The van der Waals surface area contributed by atoms with Crippen LogP contribution in [0.4, 0.5) is 0 Å². The fourth-order valence-electron chi connectivity index (χ4n) is 2.65. The lowest BCUT2D eigenvalue weighted by molar-refractivity contribution is 0.409. The van der Waals surface area contributed by atoms with Gasteiger partial charge in [-0.25, -0.2) is 0 Å². The summed E-state index contributed by atoms with van der Waals surface area (Å²) >= 11 is 0. The lowest BCUT2D eigenvalue weighted by Crippen LogP contribution is -2.04. The highest BCUT2D eigenvalue weighted by atomic mass is 16.5. The Labute approximate surface area is 97.4 Å². The Balaban J connectivity index is 2.03. The van der Waals surface area contributed by atoms with Crippen molar-refractivity contribution in [1.29, 1.82) is 0 Å². The van der Waals surface area contributed by atoms with Crippen LogP contribution in [0.1, 0.15) is 62.1 Å². The van der Waals surface area contributed by atoms with Gasteiger partial charge in [-0.2, -0.15) is 0 Å². The quantitative estimate of drug-likeness (QED) is 0.797. The summed E-state index contributed by atoms with van der Waals surface area (Å²) in [6.07, 6.45) is 11.9. The molecule has 0 radical (unpaired) electrons. The van der Waals surface area contributed by atoms with Crippen molar-refractivity contribution in [2.24, 2.45) is 5.73 Å². The van der Waals surface area contributed by atoms with Gasteiger partial charge in [-0.1, -0.05) is 30.8 Å². The molecule has 3 nitrogen and oxygen atoms in total. The molecule has 1 heterocycles. The average molecular weight is 222 g/mol. The maximum atomic E-state index is 5.54. The van der Waals surface area contributed by atoms with E-state index in [0.29, 0.717) is 5.92 Å². The Kier molecular flexibility index (Phi) is 4.40. The molecule has 1 saturated carbocycles. The summed E-state index contributed by atoms with van der Waals surface area (Å²) in [6.45, 7) is 0.733. The van der Waals surface area contributed by atoms with Crippen LogP contribution in [0.3, 0.4) is 0 Å². The molecular formula is C13H22N2O. The van der Waals surface area contributed by atoms with Gasteiger partial charge in [0.2, 0.25) is 0 Å². The van der Waals surface area contributed by atoms with Gasteiger partial charge in [0.05, 0.1) is 5.69 Å². The Hall–Kier alpha value is -0.830. The molecule has 1 fully saturated rings. The van der Waals surface area contributed by atoms with E-state index in [9.17, 15) is 0 Å². The van der Waals surface area contributed by atoms with Gasteiger partial charge in [0, 0.05) is 5.56 Å². The zero-order chi connectivity index (χ0) is 11.2. The van der Waals surface area contributed by atoms with Gasteiger partial charge in [0.15, 0.2) is 0 Å². The standard InChI is InChI=1S/C13H22N2O/c14-9-5-8-13-12(10-16-15-13)11-6-3-1-2-4-7-11/h10-11H,1-9,14H2. The average Bonchev–Trinajstić information content (AvgIpc) is 2.60. The molecule has 0 saturated heterocycles. The number of hydrogen-bond acceptors (Lipinski definition) is 3. The molecule has 0 bridgehead atoms. The minimum atomic E-state index is 0.682. The predicted octanol–water partition coefficient (Wildman–Crippen LogP) is 3.00. The summed E-state index contributed by atoms with van der Waals surface area (Å²) in [5.74, 6) is 0.682. The van der Waals surface area contributed by atoms with E-state index in [-0.39, 0.29) is 0 Å². The molecule has 1 aliphatic rings. The Morgan fingerprint density at radius 2 is 2.00 bits per heavy atom. The fraction of sp³-hybridized carbons (Fsp3) is 0.769. The number of nitrogens with two attached hydrogens (primary N) is 1. The maximum Gasteiger partial charge on any atom is 0.127 e. The van der Waals surface area contributed by atoms with Crippen LogP contribution < -0.4 is 5.73 Å². The molecule has 0 atom stereocenters. The van der Waals surface area contributed by atoms with Crippen molar-refractivity contribution in [2.75, 3.05) is 6.54 Å². The molecule has 2 N–H and O–H groups in total. The van der Waals surface area contributed by atoms with Crippen molar-refractivity contribution in [3.05, 3.63) is 17.5 Å². The zero-order valence-electron chi connectivity index (χ0n) is 9.95. The predicted molar refractivity (Wildman–Crippen MR) is 64.3 cm³/mol. The van der Waals surface area contributed by atoms with Crippen LogP contribution in [0, 0.1) is 0 Å². The largest absolute Gasteiger partial charge is 0.364 e. The van der Waals surface area contributed by atoms with Crippen molar-refractivity contribution >= 4 is 0 Å². The molecule has 1 aromatic heterocycles. The van der Waals surface area contributed by atoms with Gasteiger partial charge >= 0.3 is 0 Å². The molecule has 2 rings (SSSR count). The molecule has 3 heteroatoms. The van der Waals surface area contributed by atoms with E-state index in [1.54, 1.807) is 0 Å². The van der Waals surface area contributed by atoms with Crippen molar-refractivity contribution in [3.63, 3.8) is 0 Å². The second-order valence-electron chi connectivity index (χ2n) is 4.80. The van der Waals surface area contributed by atoms with E-state index in [1.807, 2.05) is 6.26 Å². The normalized spacial score (nSPS) is 18.6. The van der Waals surface area contributed by atoms with E-state index in [0.717, 1.165) is 25.1 Å². The van der Waals surface area contributed by atoms with Crippen molar-refractivity contribution in [1.82, 2.24) is 5.16 Å². The number of aromatic nitrogens is 1. The summed E-state index contributed by atoms with van der Waals surface area (Å²) in [6, 6.07) is 0. The molecule has 0 aromatic carbocycles. The first-order valence-electron chi connectivity index (χ1n) is 6.55. The van der Waals surface area contributed by atoms with Crippen LogP contribution in [0.5, 0.6) is 0 Å². The maximum absolute atomic E-state index is 5.54. The van der Waals surface area contributed by atoms with Crippen molar-refractivity contribution in [2.45, 2.75) is 57.3 Å². The van der Waals surface area contributed by atoms with Gasteiger partial charge in [-0.15, -0.1) is 0 Å². The molecule has 16 heavy (non-hydrogen) atoms. The third kappa shape index (κ3) is 2.85. The Morgan fingerprint density at radius 1 is 1.25 bits per heavy atom. The molecule has 90 valence electrons. The van der Waals surface area contributed by atoms with Gasteiger partial charge in [-0.05, 0) is 38.1 Å². The number of aryl methyl sites for hydroxylation is 1. The number of nitrogens with zero attached hydrogens (tertiary/aromatic N) is 1. The first-order valence-corrected chi connectivity index (χ1v) is 6.55. The first kappa shape index (κ1) is 11.6. The Bertz CT molecular complexity index is 301. The summed E-state index contributed by atoms with van der Waals surface area (Å²) in [5.41, 5.74) is 8.05. The second-order valence-corrected chi connectivity index (χ2v) is 4.80. The zero-order valence-corrected chi connectivity index (χ0v) is 9.95. The monoisotopic (exact) mass is 222 g/mol. The smallest absolute Gasteiger partial charge is 0.127 e. The van der Waals surface area contributed by atoms with Crippen LogP contribution in [0.15, 0.2) is 10.8 Å². The number of rotatable bonds is 4. The van der Waals surface area contributed by atoms with Crippen LogP contribution >= 0.6 is 0 Å². The fourth-order valence-corrected chi connectivity index (χ4v) is 2.65. The Morgan fingerprint density at radius 3 is 2.69 bits per heavy atom. The van der Waals surface area contributed by atoms with E-state index >= 15 is 0 Å². The van der Waals surface area contributed by atoms with E-state index in [1.165, 1.54) is 44.1 Å². The van der Waals surface area contributed by atoms with Crippen LogP contribution in [0.25, 0.3) is 0 Å². The van der Waals surface area contributed by atoms with E-state index in [4.69, 9.17) is 10.3 Å². The van der Waals surface area contributed by atoms with Crippen molar-refractivity contribution < 1.29 is 4.52 Å². The van der Waals surface area contributed by atoms with Gasteiger partial charge in [0.25, 0.3) is 0 Å². The minimum absolute atomic E-state index is 0.682. The molecule has 1 aromatic rings. The third-order valence-corrected chi connectivity index (χ3v) is 3.59. The molecule has 0 aliphatic heterocycles. The SMILES string of the molecule is NCCCc1nocc1C1CCCCCC1. The van der Waals surface area contributed by atoms with Crippen LogP contribution in [-0.4, -0.2) is 11.7 Å². The van der Waals surface area contributed by atoms with E-state index in [2.05, 4.69) is 5.16 Å². The highest BCUT2D eigenvalue weighted by molar-refractivity contribution is 5.20. The van der Waals surface area contributed by atoms with Gasteiger partial charge in [-0.3, -0.25) is 0 Å². The summed E-state index contributed by atoms with van der Waals surface area (Å²) in [5, 5.41) is 4.13. The molecular weight excluding hydrogens is 200 g/mol. The van der Waals surface area contributed by atoms with Crippen LogP contribution in [-0.2, 0) is 6.42 Å². The first-order chi connectivity index (χ1) is 7.92. The number of hydrogen-bond donors (Lipinski definition) is 1. The molecule has 0 unspecified atom stereocenters. The lowest BCUT2D eigenvalue weighted by Gasteiger charge is -2.12. The lowest BCUT2D eigenvalue weighted by atomic mass is 9.91. The molecule has 0 spiro atoms. The molecule has 0 amide bonds. The summed E-state index contributed by atoms with van der Waals surface area (Å²) in [7, 11) is 0. The van der Waals surface area contributed by atoms with Gasteiger partial charge in [0.1, 0.15) is 6.26 Å². The summed E-state index contributed by atoms with van der Waals surface area (Å²) in [4.78, 5) is 0. The minimum Gasteiger partial charge on any atom is -0.364 e. The van der Waals surface area contributed by atoms with Crippen LogP contribution in [0.2, 0.25) is 0 Å². The summed E-state index contributed by atoms with van der Waals surface area (Å²) < 4.78 is 5.15. The highest BCUT2D eigenvalue weighted by Gasteiger charge is 2.19. The second kappa shape index (κ2) is 6.04. The topological polar surface area (TPSA) is 52.0 Å². The third-order valence-electron chi connectivity index (χ3n) is 3.59. The van der Waals surface area contributed by atoms with E-state index < -0.39 is 0 Å². The van der Waals surface area contributed by atoms with Crippen molar-refractivity contribution in [3.8, 4) is 0 Å². The van der Waals surface area contributed by atoms with Gasteiger partial charge < -0.3 is 10.3 Å². The molecule has 1 aliphatic carbocycles.